The molecule has 7 nitrogen and oxygen atoms in total. The van der Waals surface area contributed by atoms with Crippen LogP contribution in [-0.4, -0.2) is 44.4 Å². The molecule has 0 atom stereocenters. The minimum atomic E-state index is 0. The molecule has 0 radical (unpaired) electrons. The van der Waals surface area contributed by atoms with Crippen LogP contribution in [0.2, 0.25) is 0 Å². The van der Waals surface area contributed by atoms with Crippen LogP contribution in [0.1, 0.15) is 38.2 Å². The Balaban J connectivity index is 0.00000363. The van der Waals surface area contributed by atoms with Gasteiger partial charge in [-0.25, -0.2) is 4.98 Å². The number of para-hydroxylation sites is 2. The highest BCUT2D eigenvalue weighted by atomic mass is 127. The van der Waals surface area contributed by atoms with Gasteiger partial charge in [-0.2, -0.15) is 0 Å². The second-order valence-corrected chi connectivity index (χ2v) is 7.59. The van der Waals surface area contributed by atoms with Crippen molar-refractivity contribution in [2.45, 2.75) is 39.2 Å². The molecule has 0 aliphatic heterocycles. The quantitative estimate of drug-likeness (QED) is 0.161. The number of hydrogen-bond donors (Lipinski definition) is 2. The average molecular weight is 554 g/mol. The van der Waals surface area contributed by atoms with E-state index in [2.05, 4.69) is 27.5 Å². The fourth-order valence-corrected chi connectivity index (χ4v) is 2.94. The maximum atomic E-state index is 6.10. The molecule has 176 valence electrons. The molecule has 32 heavy (non-hydrogen) atoms. The third-order valence-electron chi connectivity index (χ3n) is 4.85. The van der Waals surface area contributed by atoms with Crippen LogP contribution in [0, 0.1) is 5.92 Å². The average Bonchev–Trinajstić information content (AvgIpc) is 3.63. The van der Waals surface area contributed by atoms with Crippen LogP contribution in [-0.2, 0) is 11.3 Å². The molecule has 1 aliphatic carbocycles. The molecule has 0 spiro atoms. The highest BCUT2D eigenvalue weighted by molar-refractivity contribution is 14.0. The number of aliphatic imine (C=N–C) groups is 1. The summed E-state index contributed by atoms with van der Waals surface area (Å²) in [5.74, 6) is 3.47. The van der Waals surface area contributed by atoms with Crippen LogP contribution < -0.4 is 20.1 Å². The van der Waals surface area contributed by atoms with E-state index in [-0.39, 0.29) is 24.0 Å². The van der Waals surface area contributed by atoms with Gasteiger partial charge in [0.15, 0.2) is 17.5 Å². The molecule has 8 heteroatoms. The van der Waals surface area contributed by atoms with E-state index in [4.69, 9.17) is 14.2 Å². The smallest absolute Gasteiger partial charge is 0.224 e. The topological polar surface area (TPSA) is 77.0 Å². The van der Waals surface area contributed by atoms with Crippen LogP contribution in [0.15, 0.2) is 47.6 Å². The first kappa shape index (κ1) is 26.2. The molecule has 0 saturated heterocycles. The summed E-state index contributed by atoms with van der Waals surface area (Å²) < 4.78 is 17.6. The predicted molar refractivity (Wildman–Crippen MR) is 138 cm³/mol. The molecule has 3 rings (SSSR count). The number of nitrogens with zero attached hydrogens (tertiary/aromatic N) is 2. The number of pyridine rings is 1. The summed E-state index contributed by atoms with van der Waals surface area (Å²) in [6.45, 7) is 5.75. The van der Waals surface area contributed by atoms with Gasteiger partial charge < -0.3 is 24.8 Å². The standard InChI is InChI=1S/C24H34N4O3.HI/c1-3-15-30-21-9-4-5-10-22(21)31-23-20(8-6-13-26-23)17-28-24(25-2)27-14-7-16-29-18-19-11-12-19;/h4-6,8-10,13,19H,3,7,11-12,14-18H2,1-2H3,(H2,25,27,28);1H. The number of aromatic nitrogens is 1. The zero-order valence-electron chi connectivity index (χ0n) is 19.0. The molecular weight excluding hydrogens is 519 g/mol. The Hall–Kier alpha value is -2.07. The van der Waals surface area contributed by atoms with Crippen molar-refractivity contribution in [1.29, 1.82) is 0 Å². The zero-order valence-corrected chi connectivity index (χ0v) is 21.3. The van der Waals surface area contributed by atoms with Gasteiger partial charge in [0.2, 0.25) is 5.88 Å². The Labute approximate surface area is 208 Å². The van der Waals surface area contributed by atoms with E-state index in [0.29, 0.717) is 24.8 Å². The molecule has 2 aromatic rings. The number of benzene rings is 1. The largest absolute Gasteiger partial charge is 0.490 e. The molecule has 0 amide bonds. The summed E-state index contributed by atoms with van der Waals surface area (Å²) in [5, 5.41) is 6.65. The second kappa shape index (κ2) is 14.9. The van der Waals surface area contributed by atoms with Gasteiger partial charge in [-0.15, -0.1) is 24.0 Å². The van der Waals surface area contributed by atoms with E-state index >= 15 is 0 Å². The van der Waals surface area contributed by atoms with Crippen molar-refractivity contribution >= 4 is 29.9 Å². The molecule has 0 bridgehead atoms. The lowest BCUT2D eigenvalue weighted by molar-refractivity contribution is 0.123. The van der Waals surface area contributed by atoms with Crippen molar-refractivity contribution < 1.29 is 14.2 Å². The van der Waals surface area contributed by atoms with Gasteiger partial charge in [0.05, 0.1) is 6.61 Å². The van der Waals surface area contributed by atoms with Crippen molar-refractivity contribution in [2.75, 3.05) is 33.4 Å². The van der Waals surface area contributed by atoms with Crippen molar-refractivity contribution in [3.8, 4) is 17.4 Å². The lowest BCUT2D eigenvalue weighted by Crippen LogP contribution is -2.37. The Morgan fingerprint density at radius 1 is 1.09 bits per heavy atom. The maximum Gasteiger partial charge on any atom is 0.224 e. The molecule has 1 saturated carbocycles. The van der Waals surface area contributed by atoms with E-state index in [1.165, 1.54) is 12.8 Å². The third-order valence-corrected chi connectivity index (χ3v) is 4.85. The highest BCUT2D eigenvalue weighted by Gasteiger charge is 2.20. The summed E-state index contributed by atoms with van der Waals surface area (Å²) >= 11 is 0. The Kier molecular flexibility index (Phi) is 12.2. The SMILES string of the molecule is CCCOc1ccccc1Oc1ncccc1CNC(=NC)NCCCOCC1CC1.I. The molecule has 1 aliphatic rings. The van der Waals surface area contributed by atoms with Gasteiger partial charge in [-0.3, -0.25) is 4.99 Å². The van der Waals surface area contributed by atoms with Crippen LogP contribution >= 0.6 is 24.0 Å². The molecule has 1 heterocycles. The normalized spacial score (nSPS) is 13.2. The molecular formula is C24H35IN4O3. The van der Waals surface area contributed by atoms with Gasteiger partial charge >= 0.3 is 0 Å². The summed E-state index contributed by atoms with van der Waals surface area (Å²) in [7, 11) is 1.76. The minimum absolute atomic E-state index is 0. The van der Waals surface area contributed by atoms with E-state index < -0.39 is 0 Å². The molecule has 2 N–H and O–H groups in total. The Morgan fingerprint density at radius 3 is 2.66 bits per heavy atom. The Morgan fingerprint density at radius 2 is 1.91 bits per heavy atom. The summed E-state index contributed by atoms with van der Waals surface area (Å²) in [6.07, 6.45) is 6.26. The lowest BCUT2D eigenvalue weighted by atomic mass is 10.2. The van der Waals surface area contributed by atoms with Crippen molar-refractivity contribution in [2.24, 2.45) is 10.9 Å². The van der Waals surface area contributed by atoms with E-state index in [1.54, 1.807) is 13.2 Å². The van der Waals surface area contributed by atoms with Gasteiger partial charge in [0.1, 0.15) is 0 Å². The maximum absolute atomic E-state index is 6.10. The number of nitrogens with one attached hydrogen (secondary N) is 2. The van der Waals surface area contributed by atoms with Crippen molar-refractivity contribution in [1.82, 2.24) is 15.6 Å². The fourth-order valence-electron chi connectivity index (χ4n) is 2.94. The molecule has 1 fully saturated rings. The first-order chi connectivity index (χ1) is 15.3. The lowest BCUT2D eigenvalue weighted by Gasteiger charge is -2.15. The van der Waals surface area contributed by atoms with Crippen LogP contribution in [0.3, 0.4) is 0 Å². The monoisotopic (exact) mass is 554 g/mol. The number of hydrogen-bond acceptors (Lipinski definition) is 5. The molecule has 0 unspecified atom stereocenters. The predicted octanol–water partition coefficient (Wildman–Crippen LogP) is 4.76. The number of rotatable bonds is 13. The fraction of sp³-hybridized carbons (Fsp3) is 0.500. The van der Waals surface area contributed by atoms with E-state index in [1.807, 2.05) is 36.4 Å². The van der Waals surface area contributed by atoms with Gasteiger partial charge in [-0.05, 0) is 49.8 Å². The summed E-state index contributed by atoms with van der Waals surface area (Å²) in [5.41, 5.74) is 0.934. The van der Waals surface area contributed by atoms with Gasteiger partial charge in [-0.1, -0.05) is 25.1 Å². The van der Waals surface area contributed by atoms with Crippen LogP contribution in [0.25, 0.3) is 0 Å². The van der Waals surface area contributed by atoms with E-state index in [9.17, 15) is 0 Å². The van der Waals surface area contributed by atoms with E-state index in [0.717, 1.165) is 55.8 Å². The highest BCUT2D eigenvalue weighted by Crippen LogP contribution is 2.32. The summed E-state index contributed by atoms with van der Waals surface area (Å²) in [4.78, 5) is 8.71. The first-order valence-electron chi connectivity index (χ1n) is 11.2. The first-order valence-corrected chi connectivity index (χ1v) is 11.2. The molecule has 1 aromatic carbocycles. The van der Waals surface area contributed by atoms with Crippen molar-refractivity contribution in [3.63, 3.8) is 0 Å². The number of halogens is 1. The zero-order chi connectivity index (χ0) is 21.7. The van der Waals surface area contributed by atoms with Crippen molar-refractivity contribution in [3.05, 3.63) is 48.2 Å². The Bertz CT molecular complexity index is 830. The van der Waals surface area contributed by atoms with Gasteiger partial charge in [0.25, 0.3) is 0 Å². The second-order valence-electron chi connectivity index (χ2n) is 7.59. The minimum Gasteiger partial charge on any atom is -0.490 e. The number of guanidine groups is 1. The van der Waals surface area contributed by atoms with Crippen LogP contribution in [0.4, 0.5) is 0 Å². The van der Waals surface area contributed by atoms with Crippen LogP contribution in [0.5, 0.6) is 17.4 Å². The third kappa shape index (κ3) is 9.20. The summed E-state index contributed by atoms with van der Waals surface area (Å²) in [6, 6.07) is 11.6. The molecule has 1 aromatic heterocycles. The number of ether oxygens (including phenoxy) is 3. The van der Waals surface area contributed by atoms with Gasteiger partial charge in [0, 0.05) is 45.1 Å².